The highest BCUT2D eigenvalue weighted by Gasteiger charge is 2.28. The molecule has 0 unspecified atom stereocenters. The first-order valence-electron chi connectivity index (χ1n) is 6.90. The SMILES string of the molecule is CC1(C)OCC(=S)Nc2ccc(-c3ccc(F)c(Cl)c3)cc21. The minimum Gasteiger partial charge on any atom is -0.364 e. The van der Waals surface area contributed by atoms with Gasteiger partial charge in [0.15, 0.2) is 0 Å². The molecule has 0 saturated carbocycles. The smallest absolute Gasteiger partial charge is 0.141 e. The van der Waals surface area contributed by atoms with Gasteiger partial charge in [-0.15, -0.1) is 0 Å². The molecule has 0 aliphatic carbocycles. The summed E-state index contributed by atoms with van der Waals surface area (Å²) in [5.41, 5.74) is 3.28. The summed E-state index contributed by atoms with van der Waals surface area (Å²) in [6.07, 6.45) is 0. The first-order chi connectivity index (χ1) is 10.4. The molecule has 0 spiro atoms. The van der Waals surface area contributed by atoms with Crippen LogP contribution in [0.4, 0.5) is 10.1 Å². The van der Waals surface area contributed by atoms with E-state index in [1.807, 2.05) is 32.0 Å². The molecular formula is C17H15ClFNOS. The lowest BCUT2D eigenvalue weighted by molar-refractivity contribution is 0.00436. The third-order valence-corrected chi connectivity index (χ3v) is 4.27. The van der Waals surface area contributed by atoms with Crippen molar-refractivity contribution in [2.75, 3.05) is 11.9 Å². The second-order valence-corrected chi connectivity index (χ2v) is 6.64. The van der Waals surface area contributed by atoms with E-state index in [0.29, 0.717) is 11.6 Å². The third kappa shape index (κ3) is 2.86. The van der Waals surface area contributed by atoms with Gasteiger partial charge in [0, 0.05) is 11.3 Å². The molecule has 0 amide bonds. The Balaban J connectivity index is 2.11. The average Bonchev–Trinajstić information content (AvgIpc) is 2.59. The summed E-state index contributed by atoms with van der Waals surface area (Å²) in [5, 5.41) is 3.31. The van der Waals surface area contributed by atoms with E-state index in [0.717, 1.165) is 22.4 Å². The van der Waals surface area contributed by atoms with Gasteiger partial charge in [0.05, 0.1) is 17.2 Å². The van der Waals surface area contributed by atoms with Crippen molar-refractivity contribution in [1.82, 2.24) is 0 Å². The van der Waals surface area contributed by atoms with Gasteiger partial charge in [-0.1, -0.05) is 36.0 Å². The Bertz CT molecular complexity index is 760. The number of halogens is 2. The van der Waals surface area contributed by atoms with Crippen LogP contribution in [-0.4, -0.2) is 11.6 Å². The molecule has 0 bridgehead atoms. The van der Waals surface area contributed by atoms with Crippen LogP contribution in [0, 0.1) is 5.82 Å². The summed E-state index contributed by atoms with van der Waals surface area (Å²) in [4.78, 5) is 0.657. The van der Waals surface area contributed by atoms with Crippen molar-refractivity contribution in [2.24, 2.45) is 0 Å². The monoisotopic (exact) mass is 335 g/mol. The lowest BCUT2D eigenvalue weighted by Gasteiger charge is -2.25. The summed E-state index contributed by atoms with van der Waals surface area (Å²) in [6, 6.07) is 10.7. The fraction of sp³-hybridized carbons (Fsp3) is 0.235. The maximum absolute atomic E-state index is 13.3. The fourth-order valence-corrected chi connectivity index (χ4v) is 2.87. The van der Waals surface area contributed by atoms with Crippen LogP contribution < -0.4 is 5.32 Å². The van der Waals surface area contributed by atoms with Crippen molar-refractivity contribution >= 4 is 34.5 Å². The van der Waals surface area contributed by atoms with Gasteiger partial charge < -0.3 is 10.1 Å². The van der Waals surface area contributed by atoms with Gasteiger partial charge in [0.2, 0.25) is 0 Å². The van der Waals surface area contributed by atoms with Crippen molar-refractivity contribution in [2.45, 2.75) is 19.4 Å². The quantitative estimate of drug-likeness (QED) is 0.728. The van der Waals surface area contributed by atoms with Crippen molar-refractivity contribution in [1.29, 1.82) is 0 Å². The van der Waals surface area contributed by atoms with Crippen LogP contribution in [0.5, 0.6) is 0 Å². The van der Waals surface area contributed by atoms with E-state index in [9.17, 15) is 4.39 Å². The maximum atomic E-state index is 13.3. The molecular weight excluding hydrogens is 321 g/mol. The van der Waals surface area contributed by atoms with E-state index in [-0.39, 0.29) is 5.02 Å². The van der Waals surface area contributed by atoms with Gasteiger partial charge in [0.1, 0.15) is 10.8 Å². The van der Waals surface area contributed by atoms with Crippen LogP contribution in [0.3, 0.4) is 0 Å². The molecule has 1 aliphatic heterocycles. The molecule has 22 heavy (non-hydrogen) atoms. The van der Waals surface area contributed by atoms with Crippen LogP contribution in [0.2, 0.25) is 5.02 Å². The van der Waals surface area contributed by atoms with Gasteiger partial charge in [-0.05, 0) is 49.2 Å². The minimum atomic E-state index is -0.470. The highest BCUT2D eigenvalue weighted by atomic mass is 35.5. The number of nitrogens with one attached hydrogen (secondary N) is 1. The summed E-state index contributed by atoms with van der Waals surface area (Å²) < 4.78 is 19.2. The standard InChI is InChI=1S/C17H15ClFNOS/c1-17(2)12-7-10(11-3-5-14(19)13(18)8-11)4-6-15(12)20-16(22)9-21-17/h3-8H,9H2,1-2H3,(H,20,22). The van der Waals surface area contributed by atoms with Crippen molar-refractivity contribution in [3.8, 4) is 11.1 Å². The average molecular weight is 336 g/mol. The predicted molar refractivity (Wildman–Crippen MR) is 92.0 cm³/mol. The highest BCUT2D eigenvalue weighted by Crippen LogP contribution is 2.37. The van der Waals surface area contributed by atoms with Crippen LogP contribution >= 0.6 is 23.8 Å². The van der Waals surface area contributed by atoms with E-state index in [1.165, 1.54) is 6.07 Å². The number of hydrogen-bond acceptors (Lipinski definition) is 2. The number of fused-ring (bicyclic) bond motifs is 1. The summed E-state index contributed by atoms with van der Waals surface area (Å²) in [5.74, 6) is -0.421. The number of hydrogen-bond donors (Lipinski definition) is 1. The second-order valence-electron chi connectivity index (χ2n) is 5.74. The molecule has 0 radical (unpaired) electrons. The molecule has 2 nitrogen and oxygen atoms in total. The van der Waals surface area contributed by atoms with E-state index in [4.69, 9.17) is 28.6 Å². The molecule has 3 rings (SSSR count). The van der Waals surface area contributed by atoms with Crippen molar-refractivity contribution in [3.63, 3.8) is 0 Å². The molecule has 1 aliphatic rings. The largest absolute Gasteiger partial charge is 0.364 e. The Hall–Kier alpha value is -1.49. The van der Waals surface area contributed by atoms with Gasteiger partial charge in [-0.2, -0.15) is 0 Å². The minimum absolute atomic E-state index is 0.113. The topological polar surface area (TPSA) is 21.3 Å². The Labute approximate surface area is 139 Å². The molecule has 2 aromatic rings. The zero-order chi connectivity index (χ0) is 15.9. The van der Waals surface area contributed by atoms with Gasteiger partial charge in [-0.3, -0.25) is 0 Å². The van der Waals surface area contributed by atoms with E-state index >= 15 is 0 Å². The first kappa shape index (κ1) is 15.4. The molecule has 0 fully saturated rings. The van der Waals surface area contributed by atoms with Gasteiger partial charge in [0.25, 0.3) is 0 Å². The lowest BCUT2D eigenvalue weighted by atomic mass is 9.92. The number of thiocarbonyl (C=S) groups is 1. The van der Waals surface area contributed by atoms with E-state index in [1.54, 1.807) is 12.1 Å². The van der Waals surface area contributed by atoms with Crippen LogP contribution in [0.15, 0.2) is 36.4 Å². The van der Waals surface area contributed by atoms with E-state index < -0.39 is 11.4 Å². The Morgan fingerprint density at radius 3 is 2.59 bits per heavy atom. The maximum Gasteiger partial charge on any atom is 0.141 e. The highest BCUT2D eigenvalue weighted by molar-refractivity contribution is 7.80. The van der Waals surface area contributed by atoms with Crippen LogP contribution in [0.25, 0.3) is 11.1 Å². The Morgan fingerprint density at radius 1 is 1.18 bits per heavy atom. The number of rotatable bonds is 1. The Morgan fingerprint density at radius 2 is 1.86 bits per heavy atom. The molecule has 2 aromatic carbocycles. The first-order valence-corrected chi connectivity index (χ1v) is 7.69. The third-order valence-electron chi connectivity index (χ3n) is 3.76. The summed E-state index contributed by atoms with van der Waals surface area (Å²) in [7, 11) is 0. The van der Waals surface area contributed by atoms with Gasteiger partial charge >= 0.3 is 0 Å². The fourth-order valence-electron chi connectivity index (χ4n) is 2.52. The van der Waals surface area contributed by atoms with Crippen LogP contribution in [-0.2, 0) is 10.3 Å². The molecule has 0 aromatic heterocycles. The number of benzene rings is 2. The zero-order valence-corrected chi connectivity index (χ0v) is 13.8. The molecule has 1 N–H and O–H groups in total. The normalized spacial score (nSPS) is 16.6. The molecule has 0 saturated heterocycles. The molecule has 0 atom stereocenters. The molecule has 1 heterocycles. The van der Waals surface area contributed by atoms with Crippen molar-refractivity contribution < 1.29 is 9.13 Å². The second kappa shape index (κ2) is 5.61. The molecule has 114 valence electrons. The number of ether oxygens (including phenoxy) is 1. The van der Waals surface area contributed by atoms with Crippen LogP contribution in [0.1, 0.15) is 19.4 Å². The van der Waals surface area contributed by atoms with Crippen molar-refractivity contribution in [3.05, 3.63) is 52.8 Å². The summed E-state index contributed by atoms with van der Waals surface area (Å²) in [6.45, 7) is 4.39. The lowest BCUT2D eigenvalue weighted by Crippen LogP contribution is -2.22. The number of anilines is 1. The predicted octanol–water partition coefficient (Wildman–Crippen LogP) is 5.15. The zero-order valence-electron chi connectivity index (χ0n) is 12.2. The Kier molecular flexibility index (Phi) is 3.93. The molecule has 5 heteroatoms. The van der Waals surface area contributed by atoms with E-state index in [2.05, 4.69) is 5.32 Å². The summed E-state index contributed by atoms with van der Waals surface area (Å²) >= 11 is 11.1. The van der Waals surface area contributed by atoms with Gasteiger partial charge in [-0.25, -0.2) is 4.39 Å².